The SMILES string of the molecule is CNC(C)c1cnc(N(CCCOC)CCOC)s1. The number of nitrogens with one attached hydrogen (secondary N) is 1. The summed E-state index contributed by atoms with van der Waals surface area (Å²) in [5.74, 6) is 0. The summed E-state index contributed by atoms with van der Waals surface area (Å²) in [6.07, 6.45) is 2.95. The molecule has 0 spiro atoms. The van der Waals surface area contributed by atoms with Gasteiger partial charge in [-0.1, -0.05) is 0 Å². The fourth-order valence-electron chi connectivity index (χ4n) is 1.67. The topological polar surface area (TPSA) is 46.6 Å². The van der Waals surface area contributed by atoms with Crippen LogP contribution in [0.4, 0.5) is 5.13 Å². The van der Waals surface area contributed by atoms with Gasteiger partial charge < -0.3 is 19.7 Å². The third kappa shape index (κ3) is 5.44. The van der Waals surface area contributed by atoms with Gasteiger partial charge in [-0.3, -0.25) is 0 Å². The molecule has 0 aliphatic rings. The lowest BCUT2D eigenvalue weighted by atomic mass is 10.3. The standard InChI is InChI=1S/C13H25N3O2S/c1-11(14-2)12-10-15-13(19-12)16(7-9-18-4)6-5-8-17-3/h10-11,14H,5-9H2,1-4H3. The van der Waals surface area contributed by atoms with Gasteiger partial charge in [0, 0.05) is 51.0 Å². The monoisotopic (exact) mass is 287 g/mol. The molecule has 0 aliphatic carbocycles. The van der Waals surface area contributed by atoms with E-state index in [1.54, 1.807) is 25.6 Å². The molecule has 0 fully saturated rings. The molecule has 0 radical (unpaired) electrons. The van der Waals surface area contributed by atoms with Crippen molar-refractivity contribution in [1.29, 1.82) is 0 Å². The van der Waals surface area contributed by atoms with Crippen molar-refractivity contribution in [3.05, 3.63) is 11.1 Å². The summed E-state index contributed by atoms with van der Waals surface area (Å²) in [5, 5.41) is 4.30. The van der Waals surface area contributed by atoms with Crippen LogP contribution in [0.5, 0.6) is 0 Å². The molecule has 0 saturated carbocycles. The average molecular weight is 287 g/mol. The highest BCUT2D eigenvalue weighted by atomic mass is 32.1. The van der Waals surface area contributed by atoms with Crippen molar-refractivity contribution in [2.75, 3.05) is 52.5 Å². The van der Waals surface area contributed by atoms with E-state index in [4.69, 9.17) is 9.47 Å². The number of hydrogen-bond acceptors (Lipinski definition) is 6. The van der Waals surface area contributed by atoms with Gasteiger partial charge in [-0.15, -0.1) is 11.3 Å². The van der Waals surface area contributed by atoms with E-state index in [9.17, 15) is 0 Å². The van der Waals surface area contributed by atoms with Crippen molar-refractivity contribution in [3.63, 3.8) is 0 Å². The van der Waals surface area contributed by atoms with Crippen LogP contribution in [0.25, 0.3) is 0 Å². The first kappa shape index (κ1) is 16.4. The van der Waals surface area contributed by atoms with Gasteiger partial charge in [-0.05, 0) is 20.4 Å². The molecule has 0 aliphatic heterocycles. The van der Waals surface area contributed by atoms with Crippen LogP contribution in [-0.4, -0.2) is 52.6 Å². The molecule has 1 rings (SSSR count). The van der Waals surface area contributed by atoms with Crippen molar-refractivity contribution < 1.29 is 9.47 Å². The molecule has 1 atom stereocenters. The zero-order chi connectivity index (χ0) is 14.1. The summed E-state index contributed by atoms with van der Waals surface area (Å²) < 4.78 is 10.3. The molecule has 5 nitrogen and oxygen atoms in total. The zero-order valence-electron chi connectivity index (χ0n) is 12.3. The van der Waals surface area contributed by atoms with Gasteiger partial charge >= 0.3 is 0 Å². The van der Waals surface area contributed by atoms with Crippen LogP contribution in [-0.2, 0) is 9.47 Å². The third-order valence-electron chi connectivity index (χ3n) is 2.98. The number of thiazole rings is 1. The van der Waals surface area contributed by atoms with Crippen molar-refractivity contribution >= 4 is 16.5 Å². The molecule has 1 unspecified atom stereocenters. The Morgan fingerprint density at radius 2 is 2.05 bits per heavy atom. The Morgan fingerprint density at radius 3 is 2.68 bits per heavy atom. The number of aromatic nitrogens is 1. The van der Waals surface area contributed by atoms with Gasteiger partial charge in [-0.25, -0.2) is 4.98 Å². The zero-order valence-corrected chi connectivity index (χ0v) is 13.1. The molecule has 0 amide bonds. The molecule has 1 heterocycles. The first-order chi connectivity index (χ1) is 9.22. The molecule has 6 heteroatoms. The van der Waals surface area contributed by atoms with Crippen LogP contribution in [0.1, 0.15) is 24.3 Å². The Hall–Kier alpha value is -0.690. The smallest absolute Gasteiger partial charge is 0.185 e. The summed E-state index contributed by atoms with van der Waals surface area (Å²) in [4.78, 5) is 8.04. The fraction of sp³-hybridized carbons (Fsp3) is 0.769. The molecule has 0 bridgehead atoms. The molecule has 0 aromatic carbocycles. The molecule has 1 N–H and O–H groups in total. The summed E-state index contributed by atoms with van der Waals surface area (Å²) in [5.41, 5.74) is 0. The Morgan fingerprint density at radius 1 is 1.32 bits per heavy atom. The normalized spacial score (nSPS) is 12.6. The minimum absolute atomic E-state index is 0.342. The predicted octanol–water partition coefficient (Wildman–Crippen LogP) is 1.91. The molecule has 110 valence electrons. The molecule has 19 heavy (non-hydrogen) atoms. The molecule has 1 aromatic rings. The lowest BCUT2D eigenvalue weighted by molar-refractivity contribution is 0.191. The Labute approximate surface area is 119 Å². The summed E-state index contributed by atoms with van der Waals surface area (Å²) in [7, 11) is 5.42. The predicted molar refractivity (Wildman–Crippen MR) is 80.2 cm³/mol. The second-order valence-corrected chi connectivity index (χ2v) is 5.42. The van der Waals surface area contributed by atoms with Gasteiger partial charge in [0.15, 0.2) is 5.13 Å². The molecule has 0 saturated heterocycles. The number of nitrogens with zero attached hydrogens (tertiary/aromatic N) is 2. The number of hydrogen-bond donors (Lipinski definition) is 1. The second kappa shape index (κ2) is 9.25. The maximum atomic E-state index is 5.17. The van der Waals surface area contributed by atoms with Gasteiger partial charge in [0.2, 0.25) is 0 Å². The van der Waals surface area contributed by atoms with Crippen molar-refractivity contribution in [3.8, 4) is 0 Å². The minimum atomic E-state index is 0.342. The van der Waals surface area contributed by atoms with Crippen LogP contribution in [0.2, 0.25) is 0 Å². The van der Waals surface area contributed by atoms with Gasteiger partial charge in [0.25, 0.3) is 0 Å². The largest absolute Gasteiger partial charge is 0.385 e. The maximum absolute atomic E-state index is 5.17. The van der Waals surface area contributed by atoms with Crippen LogP contribution < -0.4 is 10.2 Å². The van der Waals surface area contributed by atoms with E-state index >= 15 is 0 Å². The molecule has 1 aromatic heterocycles. The van der Waals surface area contributed by atoms with Crippen LogP contribution in [0.15, 0.2) is 6.20 Å². The summed E-state index contributed by atoms with van der Waals surface area (Å²) in [6.45, 7) is 5.43. The minimum Gasteiger partial charge on any atom is -0.385 e. The van der Waals surface area contributed by atoms with E-state index in [-0.39, 0.29) is 0 Å². The van der Waals surface area contributed by atoms with Crippen molar-refractivity contribution in [2.24, 2.45) is 0 Å². The highest BCUT2D eigenvalue weighted by molar-refractivity contribution is 7.15. The quantitative estimate of drug-likeness (QED) is 0.666. The number of ether oxygens (including phenoxy) is 2. The number of rotatable bonds is 10. The highest BCUT2D eigenvalue weighted by Crippen LogP contribution is 2.26. The van der Waals surface area contributed by atoms with Crippen LogP contribution in [0, 0.1) is 0 Å². The maximum Gasteiger partial charge on any atom is 0.185 e. The molecular weight excluding hydrogens is 262 g/mol. The van der Waals surface area contributed by atoms with Crippen molar-refractivity contribution in [2.45, 2.75) is 19.4 Å². The third-order valence-corrected chi connectivity index (χ3v) is 4.22. The van der Waals surface area contributed by atoms with E-state index in [0.717, 1.165) is 31.2 Å². The fourth-order valence-corrected chi connectivity index (χ4v) is 2.70. The second-order valence-electron chi connectivity index (χ2n) is 4.38. The van der Waals surface area contributed by atoms with E-state index < -0.39 is 0 Å². The lowest BCUT2D eigenvalue weighted by Gasteiger charge is -2.21. The van der Waals surface area contributed by atoms with E-state index in [2.05, 4.69) is 22.1 Å². The van der Waals surface area contributed by atoms with Gasteiger partial charge in [0.05, 0.1) is 6.61 Å². The van der Waals surface area contributed by atoms with Gasteiger partial charge in [-0.2, -0.15) is 0 Å². The van der Waals surface area contributed by atoms with Crippen molar-refractivity contribution in [1.82, 2.24) is 10.3 Å². The first-order valence-corrected chi connectivity index (χ1v) is 7.40. The Balaban J connectivity index is 2.64. The van der Waals surface area contributed by atoms with Crippen LogP contribution >= 0.6 is 11.3 Å². The van der Waals surface area contributed by atoms with Crippen LogP contribution in [0.3, 0.4) is 0 Å². The van der Waals surface area contributed by atoms with E-state index in [1.165, 1.54) is 4.88 Å². The molecular formula is C13H25N3O2S. The summed E-state index contributed by atoms with van der Waals surface area (Å²) >= 11 is 1.74. The lowest BCUT2D eigenvalue weighted by Crippen LogP contribution is -2.28. The first-order valence-electron chi connectivity index (χ1n) is 6.58. The number of methoxy groups -OCH3 is 2. The van der Waals surface area contributed by atoms with Gasteiger partial charge in [0.1, 0.15) is 0 Å². The Kier molecular flexibility index (Phi) is 7.97. The highest BCUT2D eigenvalue weighted by Gasteiger charge is 2.13. The average Bonchev–Trinajstić information content (AvgIpc) is 2.91. The number of anilines is 1. The summed E-state index contributed by atoms with van der Waals surface area (Å²) in [6, 6.07) is 0.342. The van der Waals surface area contributed by atoms with E-state index in [0.29, 0.717) is 12.6 Å². The van der Waals surface area contributed by atoms with E-state index in [1.807, 2.05) is 13.2 Å². The Bertz CT molecular complexity index is 346.